The summed E-state index contributed by atoms with van der Waals surface area (Å²) in [5, 5.41) is 6.97. The number of hydrogen-bond donors (Lipinski definition) is 3. The highest BCUT2D eigenvalue weighted by atomic mass is 32.1. The molecule has 2 aromatic carbocycles. The van der Waals surface area contributed by atoms with E-state index in [2.05, 4.69) is 26.7 Å². The predicted molar refractivity (Wildman–Crippen MR) is 130 cm³/mol. The van der Waals surface area contributed by atoms with E-state index in [0.717, 1.165) is 50.8 Å². The van der Waals surface area contributed by atoms with Crippen molar-refractivity contribution in [2.75, 3.05) is 32.5 Å². The van der Waals surface area contributed by atoms with E-state index in [1.54, 1.807) is 17.5 Å². The maximum absolute atomic E-state index is 12.4. The maximum Gasteiger partial charge on any atom is 0.251 e. The highest BCUT2D eigenvalue weighted by Gasteiger charge is 2.25. The third kappa shape index (κ3) is 4.50. The summed E-state index contributed by atoms with van der Waals surface area (Å²) in [7, 11) is 1.86. The number of carbonyl (C=O) groups excluding carboxylic acids is 1. The van der Waals surface area contributed by atoms with Gasteiger partial charge in [0, 0.05) is 36.3 Å². The van der Waals surface area contributed by atoms with Crippen LogP contribution < -0.4 is 21.1 Å². The lowest BCUT2D eigenvalue weighted by molar-refractivity contribution is 0.0954. The van der Waals surface area contributed by atoms with E-state index in [0.29, 0.717) is 18.7 Å². The first kappa shape index (κ1) is 21.3. The number of ether oxygens (including phenoxy) is 1. The van der Waals surface area contributed by atoms with Crippen LogP contribution in [0, 0.1) is 0 Å². The van der Waals surface area contributed by atoms with Gasteiger partial charge in [-0.05, 0) is 55.4 Å². The molecular weight excluding hydrogens is 436 g/mol. The van der Waals surface area contributed by atoms with Crippen LogP contribution in [0.5, 0.6) is 5.75 Å². The Balaban J connectivity index is 1.37. The van der Waals surface area contributed by atoms with Gasteiger partial charge >= 0.3 is 0 Å². The van der Waals surface area contributed by atoms with E-state index in [9.17, 15) is 4.79 Å². The summed E-state index contributed by atoms with van der Waals surface area (Å²) in [6.07, 6.45) is 2.44. The molecule has 5 rings (SSSR count). The van der Waals surface area contributed by atoms with Crippen LogP contribution in [0.4, 0.5) is 5.95 Å². The van der Waals surface area contributed by atoms with Gasteiger partial charge in [-0.3, -0.25) is 4.79 Å². The predicted octanol–water partition coefficient (Wildman–Crippen LogP) is 3.00. The van der Waals surface area contributed by atoms with Crippen LogP contribution in [0.25, 0.3) is 21.5 Å². The van der Waals surface area contributed by atoms with Gasteiger partial charge in [0.1, 0.15) is 10.8 Å². The minimum absolute atomic E-state index is 0.0759. The number of fused-ring (bicyclic) bond motifs is 2. The van der Waals surface area contributed by atoms with Gasteiger partial charge in [-0.1, -0.05) is 6.07 Å². The number of nitrogens with zero attached hydrogens (tertiary/aromatic N) is 3. The maximum atomic E-state index is 12.4. The van der Waals surface area contributed by atoms with Gasteiger partial charge < -0.3 is 21.1 Å². The van der Waals surface area contributed by atoms with Gasteiger partial charge in [0.25, 0.3) is 5.91 Å². The molecule has 0 saturated carbocycles. The summed E-state index contributed by atoms with van der Waals surface area (Å²) < 4.78 is 7.11. The smallest absolute Gasteiger partial charge is 0.251 e. The van der Waals surface area contributed by atoms with Gasteiger partial charge in [0.15, 0.2) is 0 Å². The van der Waals surface area contributed by atoms with Crippen LogP contribution >= 0.6 is 11.3 Å². The van der Waals surface area contributed by atoms with Crippen molar-refractivity contribution in [2.24, 2.45) is 0 Å². The number of nitrogen functional groups attached to an aromatic ring is 1. The Labute approximate surface area is 195 Å². The Morgan fingerprint density at radius 3 is 2.94 bits per heavy atom. The van der Waals surface area contributed by atoms with Crippen molar-refractivity contribution >= 4 is 33.4 Å². The number of carbonyl (C=O) groups is 1. The van der Waals surface area contributed by atoms with E-state index < -0.39 is 0 Å². The molecule has 4 aromatic rings. The Morgan fingerprint density at radius 2 is 2.09 bits per heavy atom. The van der Waals surface area contributed by atoms with Crippen molar-refractivity contribution in [2.45, 2.75) is 12.3 Å². The van der Waals surface area contributed by atoms with Crippen LogP contribution in [0.3, 0.4) is 0 Å². The highest BCUT2D eigenvalue weighted by Crippen LogP contribution is 2.37. The largest absolute Gasteiger partial charge is 0.493 e. The van der Waals surface area contributed by atoms with E-state index in [1.165, 1.54) is 0 Å². The van der Waals surface area contributed by atoms with Crippen molar-refractivity contribution < 1.29 is 9.53 Å². The fourth-order valence-electron chi connectivity index (χ4n) is 3.91. The summed E-state index contributed by atoms with van der Waals surface area (Å²) in [6.45, 7) is 1.88. The number of aromatic nitrogens is 3. The van der Waals surface area contributed by atoms with E-state index in [1.807, 2.05) is 43.4 Å². The summed E-state index contributed by atoms with van der Waals surface area (Å²) >= 11 is 1.66. The SMILES string of the molecule is CNCCNC(=O)c1ccc2c(c1)CC(c1nc3ccc(-c4ccnc(N)n4)cc3s1)CO2. The average molecular weight is 461 g/mol. The number of benzene rings is 2. The van der Waals surface area contributed by atoms with Gasteiger partial charge in [-0.15, -0.1) is 11.3 Å². The molecule has 1 atom stereocenters. The Bertz CT molecular complexity index is 1320. The van der Waals surface area contributed by atoms with E-state index in [4.69, 9.17) is 15.5 Å². The zero-order chi connectivity index (χ0) is 22.8. The Kier molecular flexibility index (Phi) is 5.89. The van der Waals surface area contributed by atoms with Gasteiger partial charge in [-0.2, -0.15) is 0 Å². The second kappa shape index (κ2) is 9.13. The number of nitrogens with one attached hydrogen (secondary N) is 2. The molecular formula is C24H24N6O2S. The van der Waals surface area contributed by atoms with Crippen molar-refractivity contribution in [3.63, 3.8) is 0 Å². The molecule has 0 saturated heterocycles. The average Bonchev–Trinajstić information content (AvgIpc) is 3.27. The van der Waals surface area contributed by atoms with Crippen LogP contribution in [-0.4, -0.2) is 47.6 Å². The van der Waals surface area contributed by atoms with Crippen molar-refractivity contribution in [3.05, 3.63) is 64.8 Å². The molecule has 8 nitrogen and oxygen atoms in total. The molecule has 3 heterocycles. The second-order valence-corrected chi connectivity index (χ2v) is 8.99. The first-order chi connectivity index (χ1) is 16.1. The molecule has 0 bridgehead atoms. The zero-order valence-electron chi connectivity index (χ0n) is 18.2. The lowest BCUT2D eigenvalue weighted by atomic mass is 9.95. The monoisotopic (exact) mass is 460 g/mol. The molecule has 9 heteroatoms. The topological polar surface area (TPSA) is 115 Å². The minimum atomic E-state index is -0.0759. The van der Waals surface area contributed by atoms with Crippen LogP contribution in [0.15, 0.2) is 48.7 Å². The second-order valence-electron chi connectivity index (χ2n) is 7.93. The lowest BCUT2D eigenvalue weighted by Crippen LogP contribution is -2.30. The molecule has 168 valence electrons. The zero-order valence-corrected chi connectivity index (χ0v) is 19.0. The van der Waals surface area contributed by atoms with Crippen molar-refractivity contribution in [3.8, 4) is 17.0 Å². The minimum Gasteiger partial charge on any atom is -0.493 e. The van der Waals surface area contributed by atoms with Gasteiger partial charge in [0.2, 0.25) is 5.95 Å². The van der Waals surface area contributed by atoms with Gasteiger partial charge in [-0.25, -0.2) is 15.0 Å². The molecule has 1 unspecified atom stereocenters. The Morgan fingerprint density at radius 1 is 1.18 bits per heavy atom. The van der Waals surface area contributed by atoms with E-state index >= 15 is 0 Å². The number of thiazole rings is 1. The Hall–Kier alpha value is -3.56. The number of anilines is 1. The molecule has 4 N–H and O–H groups in total. The molecule has 1 aliphatic heterocycles. The number of nitrogens with two attached hydrogens (primary N) is 1. The first-order valence-electron chi connectivity index (χ1n) is 10.8. The summed E-state index contributed by atoms with van der Waals surface area (Å²) in [6, 6.07) is 13.6. The molecule has 2 aromatic heterocycles. The van der Waals surface area contributed by atoms with Crippen LogP contribution in [0.2, 0.25) is 0 Å². The number of hydrogen-bond acceptors (Lipinski definition) is 8. The summed E-state index contributed by atoms with van der Waals surface area (Å²) in [5.74, 6) is 1.15. The highest BCUT2D eigenvalue weighted by molar-refractivity contribution is 7.18. The molecule has 0 radical (unpaired) electrons. The molecule has 0 fully saturated rings. The number of rotatable bonds is 6. The molecule has 0 spiro atoms. The van der Waals surface area contributed by atoms with Gasteiger partial charge in [0.05, 0.1) is 22.5 Å². The van der Waals surface area contributed by atoms with Crippen molar-refractivity contribution in [1.29, 1.82) is 0 Å². The molecule has 1 amide bonds. The standard InChI is InChI=1S/C24H24N6O2S/c1-26-8-9-27-22(31)15-3-5-20-16(10-15)11-17(13-32-20)23-29-19-4-2-14(12-21(19)33-23)18-6-7-28-24(25)30-18/h2-7,10,12,17,26H,8-9,11,13H2,1H3,(H,27,31)(H2,25,28,30). The third-order valence-corrected chi connectivity index (χ3v) is 6.79. The lowest BCUT2D eigenvalue weighted by Gasteiger charge is -2.24. The summed E-state index contributed by atoms with van der Waals surface area (Å²) in [5.41, 5.74) is 10.1. The molecule has 0 aliphatic carbocycles. The van der Waals surface area contributed by atoms with Crippen LogP contribution in [0.1, 0.15) is 26.8 Å². The molecule has 1 aliphatic rings. The summed E-state index contributed by atoms with van der Waals surface area (Å²) in [4.78, 5) is 25.6. The fraction of sp³-hybridized carbons (Fsp3) is 0.250. The van der Waals surface area contributed by atoms with Crippen LogP contribution in [-0.2, 0) is 6.42 Å². The molecule has 33 heavy (non-hydrogen) atoms. The number of amides is 1. The third-order valence-electron chi connectivity index (χ3n) is 5.61. The van der Waals surface area contributed by atoms with E-state index in [-0.39, 0.29) is 17.8 Å². The quantitative estimate of drug-likeness (QED) is 0.379. The first-order valence-corrected chi connectivity index (χ1v) is 11.6. The fourth-order valence-corrected chi connectivity index (χ4v) is 5.00. The normalized spacial score (nSPS) is 15.1. The van der Waals surface area contributed by atoms with Crippen molar-refractivity contribution in [1.82, 2.24) is 25.6 Å². The number of likely N-dealkylation sites (N-methyl/N-ethyl adjacent to an activating group) is 1.